The monoisotopic (exact) mass is 304 g/mol. The van der Waals surface area contributed by atoms with Gasteiger partial charge in [-0.2, -0.15) is 13.2 Å². The van der Waals surface area contributed by atoms with Crippen molar-refractivity contribution >= 4 is 23.1 Å². The molecule has 1 aromatic carbocycles. The summed E-state index contributed by atoms with van der Waals surface area (Å²) in [7, 11) is 1.55. The lowest BCUT2D eigenvalue weighted by atomic mass is 10.1. The van der Waals surface area contributed by atoms with E-state index in [2.05, 4.69) is 0 Å². The predicted molar refractivity (Wildman–Crippen MR) is 74.4 cm³/mol. The maximum atomic E-state index is 12.4. The van der Waals surface area contributed by atoms with Gasteiger partial charge in [-0.1, -0.05) is 19.1 Å². The molecule has 0 saturated heterocycles. The van der Waals surface area contributed by atoms with Gasteiger partial charge >= 0.3 is 6.18 Å². The third-order valence-corrected chi connectivity index (χ3v) is 3.24. The van der Waals surface area contributed by atoms with Crippen molar-refractivity contribution in [2.45, 2.75) is 13.1 Å². The second kappa shape index (κ2) is 6.21. The van der Waals surface area contributed by atoms with Gasteiger partial charge in [0, 0.05) is 25.1 Å². The van der Waals surface area contributed by atoms with E-state index in [-0.39, 0.29) is 22.4 Å². The van der Waals surface area contributed by atoms with Crippen LogP contribution in [0.1, 0.15) is 22.8 Å². The number of carbonyl (C=O) groups excluding carboxylic acids is 1. The van der Waals surface area contributed by atoms with Gasteiger partial charge in [0.05, 0.1) is 10.6 Å². The Bertz CT molecular complexity index is 499. The first kappa shape index (κ1) is 16.4. The van der Waals surface area contributed by atoms with Gasteiger partial charge in [0.15, 0.2) is 0 Å². The number of carbonyl (C=O) groups is 1. The molecule has 1 atom stereocenters. The Kier molecular flexibility index (Phi) is 5.10. The van der Waals surface area contributed by atoms with Crippen LogP contribution in [-0.2, 0) is 6.18 Å². The van der Waals surface area contributed by atoms with E-state index in [1.165, 1.54) is 4.90 Å². The lowest BCUT2D eigenvalue weighted by Gasteiger charge is -2.21. The molecule has 0 aliphatic rings. The van der Waals surface area contributed by atoms with Gasteiger partial charge in [0.2, 0.25) is 0 Å². The third-order valence-electron chi connectivity index (χ3n) is 2.84. The summed E-state index contributed by atoms with van der Waals surface area (Å²) >= 11 is 4.81. The molecule has 0 aromatic heterocycles. The van der Waals surface area contributed by atoms with Gasteiger partial charge in [0.25, 0.3) is 5.91 Å². The Morgan fingerprint density at radius 3 is 2.25 bits per heavy atom. The van der Waals surface area contributed by atoms with Gasteiger partial charge in [-0.3, -0.25) is 4.79 Å². The first-order valence-electron chi connectivity index (χ1n) is 5.85. The molecule has 1 aromatic rings. The Morgan fingerprint density at radius 1 is 1.35 bits per heavy atom. The van der Waals surface area contributed by atoms with Gasteiger partial charge < -0.3 is 10.6 Å². The van der Waals surface area contributed by atoms with Crippen LogP contribution in [0.25, 0.3) is 0 Å². The van der Waals surface area contributed by atoms with Gasteiger partial charge in [-0.15, -0.1) is 0 Å². The zero-order valence-corrected chi connectivity index (χ0v) is 11.9. The molecule has 1 unspecified atom stereocenters. The third kappa shape index (κ3) is 4.19. The summed E-state index contributed by atoms with van der Waals surface area (Å²) in [6.45, 7) is 2.09. The van der Waals surface area contributed by atoms with Crippen molar-refractivity contribution in [3.05, 3.63) is 35.4 Å². The van der Waals surface area contributed by atoms with Crippen LogP contribution in [0, 0.1) is 5.92 Å². The molecule has 0 radical (unpaired) electrons. The number of nitrogens with zero attached hydrogens (tertiary/aromatic N) is 1. The van der Waals surface area contributed by atoms with E-state index < -0.39 is 11.7 Å². The number of alkyl halides is 3. The van der Waals surface area contributed by atoms with Crippen LogP contribution in [0.15, 0.2) is 24.3 Å². The summed E-state index contributed by atoms with van der Waals surface area (Å²) in [6.07, 6.45) is -4.41. The normalized spacial score (nSPS) is 12.8. The van der Waals surface area contributed by atoms with Crippen molar-refractivity contribution in [1.82, 2.24) is 4.90 Å². The lowest BCUT2D eigenvalue weighted by Crippen LogP contribution is -2.35. The minimum absolute atomic E-state index is 0.159. The first-order valence-corrected chi connectivity index (χ1v) is 6.25. The molecular formula is C13H15F3N2OS. The largest absolute Gasteiger partial charge is 0.416 e. The summed E-state index contributed by atoms with van der Waals surface area (Å²) in [4.78, 5) is 13.7. The topological polar surface area (TPSA) is 46.3 Å². The van der Waals surface area contributed by atoms with Crippen molar-refractivity contribution < 1.29 is 18.0 Å². The van der Waals surface area contributed by atoms with Crippen LogP contribution in [0.5, 0.6) is 0 Å². The number of hydrogen-bond donors (Lipinski definition) is 1. The maximum Gasteiger partial charge on any atom is 0.416 e. The van der Waals surface area contributed by atoms with E-state index in [9.17, 15) is 18.0 Å². The van der Waals surface area contributed by atoms with Crippen molar-refractivity contribution in [2.75, 3.05) is 13.6 Å². The highest BCUT2D eigenvalue weighted by Crippen LogP contribution is 2.29. The molecule has 0 aliphatic carbocycles. The quantitative estimate of drug-likeness (QED) is 0.870. The zero-order valence-electron chi connectivity index (χ0n) is 11.1. The first-order chi connectivity index (χ1) is 9.12. The van der Waals surface area contributed by atoms with E-state index in [0.29, 0.717) is 6.54 Å². The minimum Gasteiger partial charge on any atom is -0.393 e. The van der Waals surface area contributed by atoms with E-state index >= 15 is 0 Å². The van der Waals surface area contributed by atoms with Crippen LogP contribution < -0.4 is 5.73 Å². The van der Waals surface area contributed by atoms with Crippen LogP contribution in [0.2, 0.25) is 0 Å². The number of hydrogen-bond acceptors (Lipinski definition) is 2. The molecule has 7 heteroatoms. The summed E-state index contributed by atoms with van der Waals surface area (Å²) in [5.41, 5.74) is 4.87. The van der Waals surface area contributed by atoms with Gasteiger partial charge in [0.1, 0.15) is 0 Å². The van der Waals surface area contributed by atoms with Gasteiger partial charge in [-0.25, -0.2) is 0 Å². The number of nitrogens with two attached hydrogens (primary N) is 1. The molecule has 20 heavy (non-hydrogen) atoms. The Hall–Kier alpha value is -1.63. The summed E-state index contributed by atoms with van der Waals surface area (Å²) in [5, 5.41) is 0. The molecular weight excluding hydrogens is 289 g/mol. The molecule has 0 bridgehead atoms. The Labute approximate surface area is 120 Å². The summed E-state index contributed by atoms with van der Waals surface area (Å²) < 4.78 is 37.2. The zero-order chi connectivity index (χ0) is 15.5. The fourth-order valence-electron chi connectivity index (χ4n) is 1.61. The Morgan fingerprint density at radius 2 is 1.85 bits per heavy atom. The van der Waals surface area contributed by atoms with E-state index in [4.69, 9.17) is 18.0 Å². The SMILES string of the molecule is CC(CN(C)C(=O)c1ccc(C(F)(F)F)cc1)C(N)=S. The maximum absolute atomic E-state index is 12.4. The minimum atomic E-state index is -4.41. The van der Waals surface area contributed by atoms with Crippen molar-refractivity contribution in [1.29, 1.82) is 0 Å². The molecule has 0 aliphatic heterocycles. The van der Waals surface area contributed by atoms with Crippen LogP contribution in [-0.4, -0.2) is 29.4 Å². The number of amides is 1. The lowest BCUT2D eigenvalue weighted by molar-refractivity contribution is -0.137. The molecule has 0 heterocycles. The van der Waals surface area contributed by atoms with E-state index in [0.717, 1.165) is 24.3 Å². The predicted octanol–water partition coefficient (Wildman–Crippen LogP) is 2.70. The average molecular weight is 304 g/mol. The van der Waals surface area contributed by atoms with E-state index in [1.807, 2.05) is 0 Å². The van der Waals surface area contributed by atoms with Crippen molar-refractivity contribution in [3.8, 4) is 0 Å². The van der Waals surface area contributed by atoms with Crippen LogP contribution >= 0.6 is 12.2 Å². The number of rotatable bonds is 4. The number of benzene rings is 1. The molecule has 3 nitrogen and oxygen atoms in total. The molecule has 0 fully saturated rings. The molecule has 1 amide bonds. The fraction of sp³-hybridized carbons (Fsp3) is 0.385. The second-order valence-corrected chi connectivity index (χ2v) is 5.04. The van der Waals surface area contributed by atoms with Crippen molar-refractivity contribution in [2.24, 2.45) is 11.7 Å². The number of thiocarbonyl (C=S) groups is 1. The van der Waals surface area contributed by atoms with Gasteiger partial charge in [-0.05, 0) is 24.3 Å². The molecule has 0 spiro atoms. The highest BCUT2D eigenvalue weighted by atomic mass is 32.1. The van der Waals surface area contributed by atoms with Crippen molar-refractivity contribution in [3.63, 3.8) is 0 Å². The van der Waals surface area contributed by atoms with Crippen LogP contribution in [0.3, 0.4) is 0 Å². The highest BCUT2D eigenvalue weighted by molar-refractivity contribution is 7.80. The van der Waals surface area contributed by atoms with Crippen LogP contribution in [0.4, 0.5) is 13.2 Å². The fourth-order valence-corrected chi connectivity index (χ4v) is 1.68. The molecule has 2 N–H and O–H groups in total. The second-order valence-electron chi connectivity index (χ2n) is 4.56. The summed E-state index contributed by atoms with van der Waals surface area (Å²) in [5.74, 6) is -0.532. The number of halogens is 3. The standard InChI is InChI=1S/C13H15F3N2OS/c1-8(11(17)20)7-18(2)12(19)9-3-5-10(6-4-9)13(14,15)16/h3-6,8H,7H2,1-2H3,(H2,17,20). The molecule has 0 saturated carbocycles. The van der Waals surface area contributed by atoms with E-state index in [1.54, 1.807) is 14.0 Å². The highest BCUT2D eigenvalue weighted by Gasteiger charge is 2.30. The smallest absolute Gasteiger partial charge is 0.393 e. The Balaban J connectivity index is 2.80. The molecule has 1 rings (SSSR count). The average Bonchev–Trinajstić information content (AvgIpc) is 2.36. The summed E-state index contributed by atoms with van der Waals surface area (Å²) in [6, 6.07) is 4.09. The molecule has 110 valence electrons.